The minimum absolute atomic E-state index is 0.0713. The summed E-state index contributed by atoms with van der Waals surface area (Å²) < 4.78 is 34.8. The quantitative estimate of drug-likeness (QED) is 0.627. The van der Waals surface area contributed by atoms with Crippen molar-refractivity contribution in [2.75, 3.05) is 6.61 Å². The maximum Gasteiger partial charge on any atom is 0.387 e. The summed E-state index contributed by atoms with van der Waals surface area (Å²) in [5.74, 6) is 0.300. The van der Waals surface area contributed by atoms with Crippen LogP contribution in [0.4, 0.5) is 8.78 Å². The van der Waals surface area contributed by atoms with Crippen LogP contribution in [-0.2, 0) is 0 Å². The lowest BCUT2D eigenvalue weighted by Crippen LogP contribution is -2.11. The van der Waals surface area contributed by atoms with Crippen LogP contribution in [0.2, 0.25) is 0 Å². The topological polar surface area (TPSA) is 64.2 Å². The minimum atomic E-state index is -2.96. The van der Waals surface area contributed by atoms with Crippen molar-refractivity contribution in [2.45, 2.75) is 20.5 Å². The second-order valence-electron chi connectivity index (χ2n) is 5.90. The van der Waals surface area contributed by atoms with Gasteiger partial charge in [-0.25, -0.2) is 4.98 Å². The average Bonchev–Trinajstić information content (AvgIpc) is 2.64. The molecule has 3 aromatic rings. The second-order valence-corrected chi connectivity index (χ2v) is 6.30. The number of aryl methyl sites for hydroxylation is 1. The highest BCUT2D eigenvalue weighted by Crippen LogP contribution is 2.31. The molecule has 3 rings (SSSR count). The first-order chi connectivity index (χ1) is 13.4. The summed E-state index contributed by atoms with van der Waals surface area (Å²) in [5.41, 5.74) is 1.68. The first-order valence-electron chi connectivity index (χ1n) is 8.48. The Balaban J connectivity index is 2.01. The lowest BCUT2D eigenvalue weighted by molar-refractivity contribution is -0.0514. The molecule has 0 saturated carbocycles. The van der Waals surface area contributed by atoms with Crippen LogP contribution in [0, 0.1) is 6.92 Å². The Kier molecular flexibility index (Phi) is 5.94. The van der Waals surface area contributed by atoms with Gasteiger partial charge in [-0.05, 0) is 49.2 Å². The van der Waals surface area contributed by atoms with Crippen LogP contribution in [0.1, 0.15) is 23.9 Å². The number of H-pyrrole nitrogens is 1. The third kappa shape index (κ3) is 4.31. The van der Waals surface area contributed by atoms with E-state index in [4.69, 9.17) is 16.3 Å². The number of ether oxygens (including phenoxy) is 2. The van der Waals surface area contributed by atoms with Crippen molar-refractivity contribution in [3.05, 3.63) is 63.7 Å². The van der Waals surface area contributed by atoms with Crippen molar-refractivity contribution in [1.82, 2.24) is 9.97 Å². The zero-order valence-electron chi connectivity index (χ0n) is 15.1. The molecule has 0 saturated heterocycles. The number of aromatic amines is 1. The molecular weight excluding hydrogens is 390 g/mol. The standard InChI is InChI=1S/C20H17ClF2N2O3/c1-3-27-16-10-12(7-8-15(16)28-20(22)23)9-14(21)18-24-17-11(2)5-4-6-13(17)19(26)25-18/h4-10,20H,3H2,1-2H3,(H,24,25,26)/b14-9-. The summed E-state index contributed by atoms with van der Waals surface area (Å²) in [6.45, 7) is 0.901. The van der Waals surface area contributed by atoms with Crippen molar-refractivity contribution in [3.63, 3.8) is 0 Å². The van der Waals surface area contributed by atoms with Crippen LogP contribution < -0.4 is 15.0 Å². The Morgan fingerprint density at radius 3 is 2.79 bits per heavy atom. The maximum atomic E-state index is 12.5. The van der Waals surface area contributed by atoms with Crippen LogP contribution >= 0.6 is 11.6 Å². The number of benzene rings is 2. The van der Waals surface area contributed by atoms with E-state index < -0.39 is 6.61 Å². The fourth-order valence-electron chi connectivity index (χ4n) is 2.71. The molecule has 146 valence electrons. The number of aromatic nitrogens is 2. The Bertz CT molecular complexity index is 1100. The highest BCUT2D eigenvalue weighted by Gasteiger charge is 2.12. The van der Waals surface area contributed by atoms with E-state index in [1.165, 1.54) is 12.1 Å². The SMILES string of the molecule is CCOc1cc(/C=C(\Cl)c2nc3c(C)cccc3c(=O)[nH]2)ccc1OC(F)F. The summed E-state index contributed by atoms with van der Waals surface area (Å²) in [4.78, 5) is 19.4. The molecule has 5 nitrogen and oxygen atoms in total. The molecule has 0 bridgehead atoms. The van der Waals surface area contributed by atoms with Gasteiger partial charge in [0.2, 0.25) is 0 Å². The minimum Gasteiger partial charge on any atom is -0.490 e. The number of halogens is 3. The summed E-state index contributed by atoms with van der Waals surface area (Å²) in [6.07, 6.45) is 1.55. The van der Waals surface area contributed by atoms with Gasteiger partial charge in [-0.15, -0.1) is 0 Å². The van der Waals surface area contributed by atoms with Gasteiger partial charge in [0.25, 0.3) is 5.56 Å². The van der Waals surface area contributed by atoms with Gasteiger partial charge in [0.05, 0.1) is 22.5 Å². The second kappa shape index (κ2) is 8.39. The van der Waals surface area contributed by atoms with Crippen molar-refractivity contribution < 1.29 is 18.3 Å². The number of hydrogen-bond donors (Lipinski definition) is 1. The zero-order chi connectivity index (χ0) is 20.3. The highest BCUT2D eigenvalue weighted by atomic mass is 35.5. The molecule has 0 aliphatic rings. The van der Waals surface area contributed by atoms with Gasteiger partial charge in [-0.3, -0.25) is 4.79 Å². The summed E-state index contributed by atoms with van der Waals surface area (Å²) in [7, 11) is 0. The van der Waals surface area contributed by atoms with Crippen molar-refractivity contribution in [2.24, 2.45) is 0 Å². The number of alkyl halides is 2. The lowest BCUT2D eigenvalue weighted by atomic mass is 10.1. The fraction of sp³-hybridized carbons (Fsp3) is 0.200. The van der Waals surface area contributed by atoms with Gasteiger partial charge < -0.3 is 14.5 Å². The zero-order valence-corrected chi connectivity index (χ0v) is 15.9. The van der Waals surface area contributed by atoms with Crippen LogP contribution in [0.25, 0.3) is 22.0 Å². The number of nitrogens with zero attached hydrogens (tertiary/aromatic N) is 1. The molecule has 2 aromatic carbocycles. The number of rotatable bonds is 6. The highest BCUT2D eigenvalue weighted by molar-refractivity contribution is 6.50. The van der Waals surface area contributed by atoms with Crippen molar-refractivity contribution in [1.29, 1.82) is 0 Å². The van der Waals surface area contributed by atoms with E-state index >= 15 is 0 Å². The Labute approximate surface area is 164 Å². The van der Waals surface area contributed by atoms with Crippen LogP contribution in [0.15, 0.2) is 41.2 Å². The van der Waals surface area contributed by atoms with Gasteiger partial charge in [-0.1, -0.05) is 29.8 Å². The summed E-state index contributed by atoms with van der Waals surface area (Å²) >= 11 is 6.36. The molecule has 0 fully saturated rings. The van der Waals surface area contributed by atoms with Crippen molar-refractivity contribution >= 4 is 33.6 Å². The third-order valence-electron chi connectivity index (χ3n) is 3.94. The van der Waals surface area contributed by atoms with Gasteiger partial charge in [0.15, 0.2) is 17.3 Å². The predicted molar refractivity (Wildman–Crippen MR) is 105 cm³/mol. The number of fused-ring (bicyclic) bond motifs is 1. The van der Waals surface area contributed by atoms with E-state index in [9.17, 15) is 13.6 Å². The molecule has 0 amide bonds. The number of para-hydroxylation sites is 1. The molecule has 1 N–H and O–H groups in total. The number of hydrogen-bond acceptors (Lipinski definition) is 4. The summed E-state index contributed by atoms with van der Waals surface area (Å²) in [5, 5.41) is 0.660. The Morgan fingerprint density at radius 2 is 2.07 bits per heavy atom. The molecule has 0 unspecified atom stereocenters. The molecule has 0 radical (unpaired) electrons. The largest absolute Gasteiger partial charge is 0.490 e. The van der Waals surface area contributed by atoms with Crippen LogP contribution in [0.5, 0.6) is 11.5 Å². The van der Waals surface area contributed by atoms with Gasteiger partial charge in [0.1, 0.15) is 0 Å². The van der Waals surface area contributed by atoms with Crippen molar-refractivity contribution in [3.8, 4) is 11.5 Å². The van der Waals surface area contributed by atoms with E-state index in [0.717, 1.165) is 5.56 Å². The maximum absolute atomic E-state index is 12.5. The predicted octanol–water partition coefficient (Wildman–Crippen LogP) is 4.97. The monoisotopic (exact) mass is 406 g/mol. The van der Waals surface area contributed by atoms with Gasteiger partial charge in [0, 0.05) is 0 Å². The van der Waals surface area contributed by atoms with E-state index in [1.54, 1.807) is 31.2 Å². The average molecular weight is 407 g/mol. The summed E-state index contributed by atoms with van der Waals surface area (Å²) in [6, 6.07) is 9.76. The molecule has 0 aliphatic carbocycles. The molecule has 0 spiro atoms. The first kappa shape index (κ1) is 19.8. The molecule has 8 heteroatoms. The smallest absolute Gasteiger partial charge is 0.387 e. The first-order valence-corrected chi connectivity index (χ1v) is 8.85. The molecule has 0 atom stereocenters. The van der Waals surface area contributed by atoms with E-state index in [2.05, 4.69) is 14.7 Å². The fourth-order valence-corrected chi connectivity index (χ4v) is 2.92. The Morgan fingerprint density at radius 1 is 1.29 bits per heavy atom. The van der Waals surface area contributed by atoms with Crippen LogP contribution in [-0.4, -0.2) is 23.2 Å². The van der Waals surface area contributed by atoms with Crippen LogP contribution in [0.3, 0.4) is 0 Å². The molecule has 28 heavy (non-hydrogen) atoms. The Hall–Kier alpha value is -2.93. The van der Waals surface area contributed by atoms with Gasteiger partial charge >= 0.3 is 6.61 Å². The van der Waals surface area contributed by atoms with E-state index in [1.807, 2.05) is 13.0 Å². The lowest BCUT2D eigenvalue weighted by Gasteiger charge is -2.12. The molecule has 1 aromatic heterocycles. The van der Waals surface area contributed by atoms with E-state index in [0.29, 0.717) is 16.5 Å². The molecule has 1 heterocycles. The van der Waals surface area contributed by atoms with Gasteiger partial charge in [-0.2, -0.15) is 8.78 Å². The van der Waals surface area contributed by atoms with E-state index in [-0.39, 0.29) is 34.5 Å². The molecule has 0 aliphatic heterocycles. The number of nitrogens with one attached hydrogen (secondary N) is 1. The molecular formula is C20H17ClF2N2O3. The normalized spacial score (nSPS) is 11.9. The third-order valence-corrected chi connectivity index (χ3v) is 4.23.